The molecule has 30 nitrogen and oxygen atoms in total. The molecule has 8 aromatic rings. The molecule has 48 heteroatoms. The standard InChI is InChI=1S/C17H25ClN4O9P2.C16H20ClFN4O3.C13H14Cl2FN3O.C7H12BrFO.C6H3Cl2N3.CH2Cl4O2P2/c18-13-5-11(20-9-3-1-2-4-9)10-6-19-22(16(10)21-13)17-15(24)14(23)12(31-17)7-30-33(28,29)8-32(25,26)27;17-12-5-10(20-8-3-1-2-4-8)9-6-19-22(15(9)21-12)16-13(18)14(24)11(7-23)25-16;1-3-9-6(2)11(16)13(20-9)19-12-7(5-17-19)8(14)4-10(15)18-12;1-3-5-4(2)6(9)7(8)10-5;7-3-1-4(8)11-6-5(3)9-2-10-6;2-8(3,6)1-9(4,5)7/h5-6,9,12,14-15,17,23-24H,1-4,7-8H2,(H,20,21)(H,28,29)(H2,25,26,27);5-6,8,11,13-14,16,23-24H,1-4,7H2,(H,20,21);4-6,9,11,13H,3H2,1-2H3;4-7H,3H2,1-2H3;1-2H,(H,9,10,11);1H2/t12-,14-,15-,17-;11-,13+,14-,16-;6-,9-,11+,13-;4-,5-,6+,7+;;/m1111../s1. The minimum atomic E-state index is -4.81. The van der Waals surface area contributed by atoms with E-state index >= 15 is 0 Å². The normalized spacial score (nSPS) is 28.0. The zero-order chi connectivity index (χ0) is 79.2. The average molecular weight is 1860 g/mol. The monoisotopic (exact) mass is 1860 g/mol. The van der Waals surface area contributed by atoms with Gasteiger partial charge in [-0.2, -0.15) is 15.3 Å². The van der Waals surface area contributed by atoms with E-state index < -0.39 is 120 Å². The highest BCUT2D eigenvalue weighted by Gasteiger charge is 2.49. The first-order valence-electron chi connectivity index (χ1n) is 33.4. The van der Waals surface area contributed by atoms with Gasteiger partial charge < -0.3 is 74.2 Å². The summed E-state index contributed by atoms with van der Waals surface area (Å²) >= 11 is 58.9. The highest BCUT2D eigenvalue weighted by atomic mass is 79.9. The number of imidazole rings is 1. The largest absolute Gasteiger partial charge is 0.394 e. The Morgan fingerprint density at radius 3 is 1.45 bits per heavy atom. The highest BCUT2D eigenvalue weighted by Crippen LogP contribution is 2.72. The average Bonchev–Trinajstić information content (AvgIpc) is 1.62. The van der Waals surface area contributed by atoms with Gasteiger partial charge in [0.05, 0.1) is 87.9 Å². The number of H-pyrrole nitrogens is 1. The van der Waals surface area contributed by atoms with Crippen LogP contribution in [-0.2, 0) is 41.7 Å². The van der Waals surface area contributed by atoms with Crippen molar-refractivity contribution in [3.05, 3.63) is 79.8 Å². The summed E-state index contributed by atoms with van der Waals surface area (Å²) in [5, 5.41) is 63.1. The van der Waals surface area contributed by atoms with Gasteiger partial charge in [0, 0.05) is 23.9 Å². The Morgan fingerprint density at radius 2 is 1.01 bits per heavy atom. The molecule has 2 saturated carbocycles. The predicted molar refractivity (Wildman–Crippen MR) is 412 cm³/mol. The van der Waals surface area contributed by atoms with E-state index in [9.17, 15) is 56.8 Å². The molecular formula is C60H76BrCl10F3N14O16P4. The van der Waals surface area contributed by atoms with Gasteiger partial charge in [-0.3, -0.25) is 18.3 Å². The number of anilines is 2. The van der Waals surface area contributed by atoms with Crippen LogP contribution >= 0.6 is 157 Å². The number of hydrogen-bond donors (Lipinski definition) is 10. The fourth-order valence-electron chi connectivity index (χ4n) is 12.7. The third kappa shape index (κ3) is 23.3. The van der Waals surface area contributed by atoms with Gasteiger partial charge in [0.25, 0.3) is 11.7 Å². The van der Waals surface area contributed by atoms with Gasteiger partial charge in [-0.15, -0.1) is 0 Å². The number of fused-ring (bicyclic) bond motifs is 4. The van der Waals surface area contributed by atoms with E-state index in [1.807, 2.05) is 27.7 Å². The second kappa shape index (κ2) is 38.6. The van der Waals surface area contributed by atoms with Crippen molar-refractivity contribution in [2.45, 2.75) is 189 Å². The zero-order valence-electron chi connectivity index (χ0n) is 57.2. The lowest BCUT2D eigenvalue weighted by Gasteiger charge is -2.18. The van der Waals surface area contributed by atoms with E-state index in [1.165, 1.54) is 45.5 Å². The number of hydrogen-bond acceptors (Lipinski definition) is 23. The Hall–Kier alpha value is -2.31. The van der Waals surface area contributed by atoms with Gasteiger partial charge in [0.15, 0.2) is 59.5 Å². The molecule has 0 spiro atoms. The van der Waals surface area contributed by atoms with E-state index in [-0.39, 0.29) is 44.5 Å². The molecule has 4 aliphatic heterocycles. The first kappa shape index (κ1) is 89.6. The van der Waals surface area contributed by atoms with Crippen molar-refractivity contribution in [3.8, 4) is 0 Å². The summed E-state index contributed by atoms with van der Waals surface area (Å²) in [4.78, 5) is 50.8. The number of aliphatic hydroxyl groups excluding tert-OH is 4. The van der Waals surface area contributed by atoms with Gasteiger partial charge >= 0.3 is 15.2 Å². The zero-order valence-corrected chi connectivity index (χ0v) is 69.9. The van der Waals surface area contributed by atoms with Crippen LogP contribution in [0, 0.1) is 11.8 Å². The lowest BCUT2D eigenvalue weighted by molar-refractivity contribution is -0.0541. The fraction of sp³-hybridized carbons (Fsp3) is 0.600. The van der Waals surface area contributed by atoms with Crippen LogP contribution in [0.2, 0.25) is 30.7 Å². The number of halogens is 14. The molecule has 108 heavy (non-hydrogen) atoms. The Morgan fingerprint density at radius 1 is 0.574 bits per heavy atom. The molecule has 6 aliphatic rings. The molecule has 2 aliphatic carbocycles. The summed E-state index contributed by atoms with van der Waals surface area (Å²) in [5.41, 5.74) is 3.93. The number of pyridine rings is 4. The summed E-state index contributed by atoms with van der Waals surface area (Å²) in [6, 6.07) is 7.21. The molecular weight excluding hydrogens is 1790 g/mol. The Kier molecular flexibility index (Phi) is 32.1. The topological polar surface area (TPSA) is 414 Å². The molecule has 6 fully saturated rings. The highest BCUT2D eigenvalue weighted by molar-refractivity contribution is 9.09. The SMILES string of the molecule is CC[C@H]1O[C@@H](n2ncc3c(Cl)cc(Cl)nc32)[C@@H](F)[C@@H]1C.CC[C@H]1O[C@H](Br)[C@@H](F)[C@@H]1C.Clc1cc(Cl)c2[nH]cnc2n1.O=P(Cl)(Cl)CP(=O)(Cl)Cl.O=P(O)(O)CP(=O)(O)OC[C@H]1O[C@@H](n2ncc3c(NC4CCCC4)cc(Cl)nc32)[C@H](O)[C@@H]1O.OC[C@H]1O[C@@H](n2ncc3c(NC4CCCC4)cc(Cl)nc32)[C@@H](F)[C@@H]1O. The maximum Gasteiger partial charge on any atom is 0.340 e. The molecule has 12 heterocycles. The van der Waals surface area contributed by atoms with Crippen molar-refractivity contribution in [1.29, 1.82) is 0 Å². The fourth-order valence-corrected chi connectivity index (χ4v) is 26.3. The molecule has 0 radical (unpaired) electrons. The van der Waals surface area contributed by atoms with E-state index in [0.29, 0.717) is 66.0 Å². The first-order valence-corrected chi connectivity index (χ1v) is 47.6. The lowest BCUT2D eigenvalue weighted by Crippen LogP contribution is -2.33. The van der Waals surface area contributed by atoms with E-state index in [4.69, 9.17) is 148 Å². The second-order valence-corrected chi connectivity index (χ2v) is 44.2. The number of alkyl halides is 4. The van der Waals surface area contributed by atoms with Gasteiger partial charge in [-0.05, 0) is 108 Å². The molecule has 1 unspecified atom stereocenters. The molecule has 0 aromatic carbocycles. The van der Waals surface area contributed by atoms with E-state index in [0.717, 1.165) is 68.3 Å². The summed E-state index contributed by atoms with van der Waals surface area (Å²) in [7, 11) is -9.46. The number of aliphatic hydroxyl groups is 4. The molecule has 17 atom stereocenters. The van der Waals surface area contributed by atoms with E-state index in [2.05, 4.69) is 71.8 Å². The number of nitrogens with one attached hydrogen (secondary N) is 3. The van der Waals surface area contributed by atoms with Gasteiger partial charge in [-0.1, -0.05) is 139 Å². The number of aromatic amines is 1. The first-order chi connectivity index (χ1) is 50.7. The molecule has 4 saturated heterocycles. The van der Waals surface area contributed by atoms with Crippen LogP contribution < -0.4 is 10.6 Å². The number of nitrogens with zero attached hydrogens (tertiary/aromatic N) is 11. The summed E-state index contributed by atoms with van der Waals surface area (Å²) in [6.45, 7) is 6.56. The summed E-state index contributed by atoms with van der Waals surface area (Å²) < 4.78 is 116. The van der Waals surface area contributed by atoms with Crippen LogP contribution in [0.5, 0.6) is 0 Å². The van der Waals surface area contributed by atoms with Gasteiger partial charge in [-0.25, -0.2) is 52.1 Å². The number of rotatable bonds is 17. The predicted octanol–water partition coefficient (Wildman–Crippen LogP) is 16.5. The van der Waals surface area contributed by atoms with Crippen LogP contribution in [0.4, 0.5) is 24.5 Å². The molecule has 8 aromatic heterocycles. The Balaban J connectivity index is 0.000000159. The minimum absolute atomic E-state index is 0.0365. The summed E-state index contributed by atoms with van der Waals surface area (Å²) in [5.74, 6) is -8.80. The van der Waals surface area contributed by atoms with E-state index in [1.54, 1.807) is 30.6 Å². The van der Waals surface area contributed by atoms with Crippen LogP contribution in [0.3, 0.4) is 0 Å². The number of aromatic nitrogens is 12. The quantitative estimate of drug-likeness (QED) is 0.0230. The lowest BCUT2D eigenvalue weighted by atomic mass is 10.00. The van der Waals surface area contributed by atoms with Crippen LogP contribution in [0.25, 0.3) is 44.3 Å². The van der Waals surface area contributed by atoms with Gasteiger partial charge in [0.2, 0.25) is 0 Å². The van der Waals surface area contributed by atoms with Crippen molar-refractivity contribution in [2.24, 2.45) is 11.8 Å². The van der Waals surface area contributed by atoms with Crippen molar-refractivity contribution >= 4 is 213 Å². The van der Waals surface area contributed by atoms with Crippen molar-refractivity contribution in [1.82, 2.24) is 59.2 Å². The second-order valence-electron chi connectivity index (χ2n) is 25.9. The molecule has 600 valence electrons. The van der Waals surface area contributed by atoms with Crippen molar-refractivity contribution in [2.75, 3.05) is 35.7 Å². The van der Waals surface area contributed by atoms with Crippen LogP contribution in [0.1, 0.15) is 111 Å². The Labute approximate surface area is 673 Å². The van der Waals surface area contributed by atoms with Crippen molar-refractivity contribution in [3.63, 3.8) is 0 Å². The molecule has 14 rings (SSSR count). The maximum absolute atomic E-state index is 14.4. The third-order valence-corrected chi connectivity index (χ3v) is 30.1. The maximum atomic E-state index is 14.4. The summed E-state index contributed by atoms with van der Waals surface area (Å²) in [6.07, 6.45) is 3.21. The molecule has 0 amide bonds. The van der Waals surface area contributed by atoms with Crippen molar-refractivity contribution < 1.29 is 90.0 Å². The van der Waals surface area contributed by atoms with Gasteiger partial charge in [0.1, 0.15) is 73.7 Å². The molecule has 10 N–H and O–H groups in total. The van der Waals surface area contributed by atoms with Crippen LogP contribution in [0.15, 0.2) is 49.2 Å². The van der Waals surface area contributed by atoms with Crippen LogP contribution in [-0.4, -0.2) is 198 Å². The Bertz CT molecular complexity index is 4560. The smallest absolute Gasteiger partial charge is 0.340 e. The number of ether oxygens (including phenoxy) is 4. The minimum Gasteiger partial charge on any atom is -0.394 e. The third-order valence-electron chi connectivity index (χ3n) is 18.1. The molecule has 0 bridgehead atoms.